The first kappa shape index (κ1) is 10.6. The number of rotatable bonds is 4. The van der Waals surface area contributed by atoms with Crippen molar-refractivity contribution in [1.29, 1.82) is 0 Å². The zero-order valence-corrected chi connectivity index (χ0v) is 8.96. The molecule has 1 aliphatic carbocycles. The van der Waals surface area contributed by atoms with Crippen molar-refractivity contribution in [1.82, 2.24) is 5.32 Å². The maximum Gasteiger partial charge on any atom is 0.345 e. The molecule has 0 spiro atoms. The Morgan fingerprint density at radius 2 is 2.27 bits per heavy atom. The monoisotopic (exact) mass is 227 g/mol. The molecule has 0 unspecified atom stereocenters. The number of thiophene rings is 1. The third kappa shape index (κ3) is 2.56. The van der Waals surface area contributed by atoms with Crippen molar-refractivity contribution in [2.45, 2.75) is 31.5 Å². The highest BCUT2D eigenvalue weighted by Crippen LogP contribution is 2.21. The van der Waals surface area contributed by atoms with Crippen LogP contribution >= 0.6 is 11.3 Å². The van der Waals surface area contributed by atoms with Gasteiger partial charge >= 0.3 is 5.97 Å². The molecule has 15 heavy (non-hydrogen) atoms. The van der Waals surface area contributed by atoms with Crippen LogP contribution in [0.5, 0.6) is 0 Å². The van der Waals surface area contributed by atoms with Crippen LogP contribution in [0.15, 0.2) is 12.1 Å². The predicted octanol–water partition coefficient (Wildman–Crippen LogP) is 1.06. The Morgan fingerprint density at radius 3 is 2.80 bits per heavy atom. The highest BCUT2D eigenvalue weighted by Gasteiger charge is 2.26. The van der Waals surface area contributed by atoms with Gasteiger partial charge in [-0.15, -0.1) is 11.3 Å². The lowest BCUT2D eigenvalue weighted by molar-refractivity contribution is 0.0620. The minimum Gasteiger partial charge on any atom is -0.477 e. The average molecular weight is 227 g/mol. The summed E-state index contributed by atoms with van der Waals surface area (Å²) in [6.07, 6.45) is 1.45. The van der Waals surface area contributed by atoms with E-state index in [9.17, 15) is 4.79 Å². The van der Waals surface area contributed by atoms with Crippen molar-refractivity contribution >= 4 is 17.3 Å². The number of aliphatic hydroxyl groups is 1. The Kier molecular flexibility index (Phi) is 3.04. The zero-order valence-electron chi connectivity index (χ0n) is 8.14. The topological polar surface area (TPSA) is 69.6 Å². The van der Waals surface area contributed by atoms with Gasteiger partial charge in [0.2, 0.25) is 0 Å². The first-order chi connectivity index (χ1) is 7.15. The van der Waals surface area contributed by atoms with Gasteiger partial charge in [-0.1, -0.05) is 0 Å². The normalized spacial score (nSPS) is 24.9. The van der Waals surface area contributed by atoms with E-state index in [2.05, 4.69) is 5.32 Å². The Balaban J connectivity index is 1.81. The van der Waals surface area contributed by atoms with Gasteiger partial charge in [-0.2, -0.15) is 0 Å². The molecule has 0 saturated heterocycles. The summed E-state index contributed by atoms with van der Waals surface area (Å²) in [7, 11) is 0. The molecule has 2 rings (SSSR count). The van der Waals surface area contributed by atoms with Crippen LogP contribution < -0.4 is 5.32 Å². The predicted molar refractivity (Wildman–Crippen MR) is 57.1 cm³/mol. The van der Waals surface area contributed by atoms with Crippen LogP contribution in [-0.4, -0.2) is 28.3 Å². The van der Waals surface area contributed by atoms with Crippen molar-refractivity contribution in [3.63, 3.8) is 0 Å². The largest absolute Gasteiger partial charge is 0.477 e. The molecular weight excluding hydrogens is 214 g/mol. The standard InChI is InChI=1S/C10H13NO3S/c12-7-3-6(4-7)11-5-8-1-2-9(15-8)10(13)14/h1-2,6-7,11-12H,3-5H2,(H,13,14). The second-order valence-corrected chi connectivity index (χ2v) is 4.94. The first-order valence-corrected chi connectivity index (χ1v) is 5.70. The lowest BCUT2D eigenvalue weighted by atomic mass is 9.89. The average Bonchev–Trinajstić information content (AvgIpc) is 2.59. The lowest BCUT2D eigenvalue weighted by Gasteiger charge is -2.32. The first-order valence-electron chi connectivity index (χ1n) is 4.88. The Morgan fingerprint density at radius 1 is 1.53 bits per heavy atom. The van der Waals surface area contributed by atoms with Crippen LogP contribution in [0.2, 0.25) is 0 Å². The fraction of sp³-hybridized carbons (Fsp3) is 0.500. The van der Waals surface area contributed by atoms with E-state index in [0.29, 0.717) is 17.5 Å². The maximum atomic E-state index is 10.6. The smallest absolute Gasteiger partial charge is 0.345 e. The number of aliphatic hydroxyl groups excluding tert-OH is 1. The van der Waals surface area contributed by atoms with Crippen molar-refractivity contribution in [3.05, 3.63) is 21.9 Å². The van der Waals surface area contributed by atoms with E-state index < -0.39 is 5.97 Å². The van der Waals surface area contributed by atoms with Crippen molar-refractivity contribution < 1.29 is 15.0 Å². The number of aromatic carboxylic acids is 1. The molecule has 3 N–H and O–H groups in total. The number of carboxylic acids is 1. The summed E-state index contributed by atoms with van der Waals surface area (Å²) in [5.41, 5.74) is 0. The van der Waals surface area contributed by atoms with Gasteiger partial charge in [-0.25, -0.2) is 4.79 Å². The van der Waals surface area contributed by atoms with Gasteiger partial charge in [0, 0.05) is 17.5 Å². The number of nitrogens with one attached hydrogen (secondary N) is 1. The molecule has 0 amide bonds. The lowest BCUT2D eigenvalue weighted by Crippen LogP contribution is -2.43. The van der Waals surface area contributed by atoms with Gasteiger partial charge in [-0.05, 0) is 25.0 Å². The van der Waals surface area contributed by atoms with Gasteiger partial charge in [0.05, 0.1) is 6.10 Å². The molecule has 1 aromatic rings. The highest BCUT2D eigenvalue weighted by molar-refractivity contribution is 7.13. The summed E-state index contributed by atoms with van der Waals surface area (Å²) in [4.78, 5) is 12.0. The van der Waals surface area contributed by atoms with Crippen molar-refractivity contribution in [2.24, 2.45) is 0 Å². The molecule has 1 saturated carbocycles. The highest BCUT2D eigenvalue weighted by atomic mass is 32.1. The van der Waals surface area contributed by atoms with E-state index in [1.54, 1.807) is 6.07 Å². The van der Waals surface area contributed by atoms with E-state index in [0.717, 1.165) is 17.7 Å². The van der Waals surface area contributed by atoms with Gasteiger partial charge in [-0.3, -0.25) is 0 Å². The molecule has 5 heteroatoms. The summed E-state index contributed by atoms with van der Waals surface area (Å²) in [6.45, 7) is 0.690. The molecule has 0 radical (unpaired) electrons. The molecule has 0 aliphatic heterocycles. The molecule has 0 aromatic carbocycles. The van der Waals surface area contributed by atoms with Crippen molar-refractivity contribution in [2.75, 3.05) is 0 Å². The van der Waals surface area contributed by atoms with Crippen LogP contribution in [0.25, 0.3) is 0 Å². The fourth-order valence-electron chi connectivity index (χ4n) is 1.59. The quantitative estimate of drug-likeness (QED) is 0.719. The molecular formula is C10H13NO3S. The van der Waals surface area contributed by atoms with Crippen LogP contribution in [0.3, 0.4) is 0 Å². The summed E-state index contributed by atoms with van der Waals surface area (Å²) in [6, 6.07) is 3.84. The van der Waals surface area contributed by atoms with E-state index >= 15 is 0 Å². The third-order valence-corrected chi connectivity index (χ3v) is 3.62. The third-order valence-electron chi connectivity index (χ3n) is 2.55. The number of hydrogen-bond acceptors (Lipinski definition) is 4. The maximum absolute atomic E-state index is 10.6. The molecule has 0 bridgehead atoms. The van der Waals surface area contributed by atoms with Gasteiger partial charge < -0.3 is 15.5 Å². The SMILES string of the molecule is O=C(O)c1ccc(CNC2CC(O)C2)s1. The Bertz CT molecular complexity index is 357. The second-order valence-electron chi connectivity index (χ2n) is 3.77. The second kappa shape index (κ2) is 4.30. The van der Waals surface area contributed by atoms with Gasteiger partial charge in [0.1, 0.15) is 4.88 Å². The van der Waals surface area contributed by atoms with E-state index in [4.69, 9.17) is 10.2 Å². The molecule has 1 fully saturated rings. The summed E-state index contributed by atoms with van der Waals surface area (Å²) < 4.78 is 0. The number of carbonyl (C=O) groups is 1. The number of hydrogen-bond donors (Lipinski definition) is 3. The van der Waals surface area contributed by atoms with E-state index in [1.807, 2.05) is 6.07 Å². The van der Waals surface area contributed by atoms with Gasteiger partial charge in [0.25, 0.3) is 0 Å². The summed E-state index contributed by atoms with van der Waals surface area (Å²) in [5, 5.41) is 21.1. The minimum absolute atomic E-state index is 0.152. The molecule has 1 aromatic heterocycles. The summed E-state index contributed by atoms with van der Waals surface area (Å²) >= 11 is 1.29. The van der Waals surface area contributed by atoms with E-state index in [1.165, 1.54) is 11.3 Å². The Hall–Kier alpha value is -0.910. The van der Waals surface area contributed by atoms with Crippen LogP contribution in [-0.2, 0) is 6.54 Å². The fourth-order valence-corrected chi connectivity index (χ4v) is 2.38. The Labute approximate surface area is 91.6 Å². The number of carboxylic acid groups (broad SMARTS) is 1. The molecule has 82 valence electrons. The van der Waals surface area contributed by atoms with Gasteiger partial charge in [0.15, 0.2) is 0 Å². The van der Waals surface area contributed by atoms with Crippen molar-refractivity contribution in [3.8, 4) is 0 Å². The molecule has 4 nitrogen and oxygen atoms in total. The van der Waals surface area contributed by atoms with E-state index in [-0.39, 0.29) is 6.10 Å². The molecule has 0 atom stereocenters. The zero-order chi connectivity index (χ0) is 10.8. The van der Waals surface area contributed by atoms with Crippen LogP contribution in [0.4, 0.5) is 0 Å². The van der Waals surface area contributed by atoms with Crippen LogP contribution in [0.1, 0.15) is 27.4 Å². The molecule has 1 heterocycles. The van der Waals surface area contributed by atoms with Crippen LogP contribution in [0, 0.1) is 0 Å². The summed E-state index contributed by atoms with van der Waals surface area (Å²) in [5.74, 6) is -0.870. The molecule has 1 aliphatic rings. The minimum atomic E-state index is -0.870.